The third-order valence-electron chi connectivity index (χ3n) is 2.24. The Kier molecular flexibility index (Phi) is 3.09. The predicted molar refractivity (Wildman–Crippen MR) is 58.7 cm³/mol. The molecule has 2 aromatic heterocycles. The molecule has 2 heterocycles. The normalized spacial score (nSPS) is 10.5. The van der Waals surface area contributed by atoms with Gasteiger partial charge in [-0.25, -0.2) is 9.97 Å². The summed E-state index contributed by atoms with van der Waals surface area (Å²) in [7, 11) is 0. The van der Waals surface area contributed by atoms with E-state index < -0.39 is 0 Å². The Balaban J connectivity index is 2.25. The van der Waals surface area contributed by atoms with Gasteiger partial charge in [-0.3, -0.25) is 4.57 Å². The summed E-state index contributed by atoms with van der Waals surface area (Å²) in [5.41, 5.74) is 6.69. The molecule has 0 fully saturated rings. The van der Waals surface area contributed by atoms with Crippen molar-refractivity contribution in [3.63, 3.8) is 0 Å². The molecule has 2 rings (SSSR count). The summed E-state index contributed by atoms with van der Waals surface area (Å²) < 4.78 is 2.00. The van der Waals surface area contributed by atoms with E-state index in [-0.39, 0.29) is 0 Å². The van der Waals surface area contributed by atoms with Crippen LogP contribution in [0.5, 0.6) is 0 Å². The van der Waals surface area contributed by atoms with Gasteiger partial charge in [-0.2, -0.15) is 0 Å². The van der Waals surface area contributed by atoms with Gasteiger partial charge in [-0.1, -0.05) is 0 Å². The first-order chi connectivity index (χ1) is 7.42. The lowest BCUT2D eigenvalue weighted by atomic mass is 10.2. The number of nitrogens with two attached hydrogens (primary N) is 1. The molecular formula is C11H14N4. The summed E-state index contributed by atoms with van der Waals surface area (Å²) in [5.74, 6) is 0.717. The van der Waals surface area contributed by atoms with Gasteiger partial charge in [-0.05, 0) is 37.6 Å². The minimum Gasteiger partial charge on any atom is -0.330 e. The first kappa shape index (κ1) is 9.86. The lowest BCUT2D eigenvalue weighted by Gasteiger charge is -2.05. The molecule has 0 aromatic carbocycles. The van der Waals surface area contributed by atoms with E-state index in [1.165, 1.54) is 5.69 Å². The van der Waals surface area contributed by atoms with Crippen molar-refractivity contribution in [3.8, 4) is 5.95 Å². The van der Waals surface area contributed by atoms with Crippen LogP contribution >= 0.6 is 0 Å². The third-order valence-corrected chi connectivity index (χ3v) is 2.24. The van der Waals surface area contributed by atoms with E-state index in [1.54, 1.807) is 12.4 Å². The molecule has 2 aromatic rings. The molecule has 0 bridgehead atoms. The fourth-order valence-corrected chi connectivity index (χ4v) is 1.51. The van der Waals surface area contributed by atoms with Crippen molar-refractivity contribution >= 4 is 0 Å². The Morgan fingerprint density at radius 2 is 2.00 bits per heavy atom. The maximum Gasteiger partial charge on any atom is 0.233 e. The maximum atomic E-state index is 5.49. The van der Waals surface area contributed by atoms with Crippen molar-refractivity contribution in [1.82, 2.24) is 14.5 Å². The smallest absolute Gasteiger partial charge is 0.233 e. The van der Waals surface area contributed by atoms with Gasteiger partial charge in [0.15, 0.2) is 0 Å². The molecule has 15 heavy (non-hydrogen) atoms. The number of aryl methyl sites for hydroxylation is 1. The Hall–Kier alpha value is -1.68. The minimum absolute atomic E-state index is 0.709. The molecule has 78 valence electrons. The number of hydrogen-bond acceptors (Lipinski definition) is 3. The summed E-state index contributed by atoms with van der Waals surface area (Å²) >= 11 is 0. The summed E-state index contributed by atoms with van der Waals surface area (Å²) in [4.78, 5) is 8.42. The summed E-state index contributed by atoms with van der Waals surface area (Å²) in [6.45, 7) is 0.709. The highest BCUT2D eigenvalue weighted by Gasteiger charge is 2.03. The highest BCUT2D eigenvalue weighted by Crippen LogP contribution is 2.09. The Bertz CT molecular complexity index is 408. The first-order valence-corrected chi connectivity index (χ1v) is 5.05. The van der Waals surface area contributed by atoms with Crippen molar-refractivity contribution in [2.24, 2.45) is 5.73 Å². The van der Waals surface area contributed by atoms with Crippen molar-refractivity contribution in [3.05, 3.63) is 42.5 Å². The predicted octanol–water partition coefficient (Wildman–Crippen LogP) is 1.16. The van der Waals surface area contributed by atoms with Gasteiger partial charge in [0.1, 0.15) is 0 Å². The molecule has 0 saturated heterocycles. The van der Waals surface area contributed by atoms with Gasteiger partial charge in [0.05, 0.1) is 0 Å². The summed E-state index contributed by atoms with van der Waals surface area (Å²) in [6.07, 6.45) is 7.41. The molecule has 0 aliphatic rings. The first-order valence-electron chi connectivity index (χ1n) is 5.05. The zero-order chi connectivity index (χ0) is 10.5. The van der Waals surface area contributed by atoms with Crippen molar-refractivity contribution in [2.45, 2.75) is 12.8 Å². The van der Waals surface area contributed by atoms with E-state index in [4.69, 9.17) is 5.73 Å². The van der Waals surface area contributed by atoms with Gasteiger partial charge in [0, 0.05) is 24.3 Å². The second kappa shape index (κ2) is 4.70. The lowest BCUT2D eigenvalue weighted by molar-refractivity contribution is 0.772. The van der Waals surface area contributed by atoms with Crippen LogP contribution in [0, 0.1) is 0 Å². The molecule has 0 amide bonds. The van der Waals surface area contributed by atoms with E-state index in [1.807, 2.05) is 22.9 Å². The van der Waals surface area contributed by atoms with Gasteiger partial charge < -0.3 is 5.73 Å². The van der Waals surface area contributed by atoms with Gasteiger partial charge >= 0.3 is 0 Å². The SMILES string of the molecule is NCCCc1cccn1-c1ncccn1. The maximum absolute atomic E-state index is 5.49. The standard InChI is InChI=1S/C11H14N4/c12-6-1-4-10-5-2-9-15(10)11-13-7-3-8-14-11/h2-3,5,7-9H,1,4,6,12H2. The number of hydrogen-bond donors (Lipinski definition) is 1. The van der Waals surface area contributed by atoms with Crippen LogP contribution in [-0.4, -0.2) is 21.1 Å². The van der Waals surface area contributed by atoms with Gasteiger partial charge in [-0.15, -0.1) is 0 Å². The Labute approximate surface area is 88.8 Å². The molecule has 0 aliphatic carbocycles. The largest absolute Gasteiger partial charge is 0.330 e. The molecule has 0 atom stereocenters. The third kappa shape index (κ3) is 2.22. The molecule has 4 heteroatoms. The van der Waals surface area contributed by atoms with Crippen molar-refractivity contribution in [1.29, 1.82) is 0 Å². The van der Waals surface area contributed by atoms with E-state index in [0.717, 1.165) is 18.8 Å². The van der Waals surface area contributed by atoms with Crippen LogP contribution in [-0.2, 0) is 6.42 Å². The number of rotatable bonds is 4. The lowest BCUT2D eigenvalue weighted by Crippen LogP contribution is -2.06. The van der Waals surface area contributed by atoms with Gasteiger partial charge in [0.2, 0.25) is 5.95 Å². The van der Waals surface area contributed by atoms with E-state index in [9.17, 15) is 0 Å². The molecule has 0 spiro atoms. The number of nitrogens with zero attached hydrogens (tertiary/aromatic N) is 3. The van der Waals surface area contributed by atoms with Crippen LogP contribution in [0.3, 0.4) is 0 Å². The molecule has 2 N–H and O–H groups in total. The molecule has 0 aliphatic heterocycles. The van der Waals surface area contributed by atoms with Crippen LogP contribution in [0.15, 0.2) is 36.8 Å². The van der Waals surface area contributed by atoms with Crippen LogP contribution < -0.4 is 5.73 Å². The monoisotopic (exact) mass is 202 g/mol. The quantitative estimate of drug-likeness (QED) is 0.809. The average Bonchev–Trinajstić information content (AvgIpc) is 2.75. The minimum atomic E-state index is 0.709. The number of aromatic nitrogens is 3. The molecule has 0 radical (unpaired) electrons. The second-order valence-corrected chi connectivity index (χ2v) is 3.31. The molecule has 4 nitrogen and oxygen atoms in total. The Morgan fingerprint density at radius 3 is 2.73 bits per heavy atom. The zero-order valence-corrected chi connectivity index (χ0v) is 8.50. The summed E-state index contributed by atoms with van der Waals surface area (Å²) in [6, 6.07) is 5.89. The van der Waals surface area contributed by atoms with Crippen molar-refractivity contribution in [2.75, 3.05) is 6.54 Å². The average molecular weight is 202 g/mol. The fourth-order valence-electron chi connectivity index (χ4n) is 1.51. The molecular weight excluding hydrogens is 188 g/mol. The summed E-state index contributed by atoms with van der Waals surface area (Å²) in [5, 5.41) is 0. The van der Waals surface area contributed by atoms with Gasteiger partial charge in [0.25, 0.3) is 0 Å². The van der Waals surface area contributed by atoms with E-state index in [2.05, 4.69) is 16.0 Å². The van der Waals surface area contributed by atoms with Crippen LogP contribution in [0.2, 0.25) is 0 Å². The zero-order valence-electron chi connectivity index (χ0n) is 8.50. The topological polar surface area (TPSA) is 56.7 Å². The molecule has 0 unspecified atom stereocenters. The van der Waals surface area contributed by atoms with Crippen LogP contribution in [0.1, 0.15) is 12.1 Å². The van der Waals surface area contributed by atoms with E-state index in [0.29, 0.717) is 6.54 Å². The van der Waals surface area contributed by atoms with Crippen molar-refractivity contribution < 1.29 is 0 Å². The van der Waals surface area contributed by atoms with E-state index >= 15 is 0 Å². The fraction of sp³-hybridized carbons (Fsp3) is 0.273. The van der Waals surface area contributed by atoms with Crippen LogP contribution in [0.4, 0.5) is 0 Å². The Morgan fingerprint density at radius 1 is 1.20 bits per heavy atom. The second-order valence-electron chi connectivity index (χ2n) is 3.31. The highest BCUT2D eigenvalue weighted by molar-refractivity contribution is 5.20. The van der Waals surface area contributed by atoms with Crippen LogP contribution in [0.25, 0.3) is 5.95 Å². The highest BCUT2D eigenvalue weighted by atomic mass is 15.1. The molecule has 0 saturated carbocycles.